The molecular formula is C25H22N2O5. The lowest BCUT2D eigenvalue weighted by Gasteiger charge is -2.18. The Bertz CT molecular complexity index is 1230. The molecule has 0 radical (unpaired) electrons. The van der Waals surface area contributed by atoms with Gasteiger partial charge in [-0.3, -0.25) is 9.59 Å². The molecule has 7 heteroatoms. The molecule has 0 spiro atoms. The van der Waals surface area contributed by atoms with Crippen LogP contribution in [0.4, 0.5) is 5.69 Å². The summed E-state index contributed by atoms with van der Waals surface area (Å²) >= 11 is 0. The Morgan fingerprint density at radius 3 is 2.56 bits per heavy atom. The number of hydrogen-bond acceptors (Lipinski definition) is 5. The molecule has 1 aliphatic carbocycles. The summed E-state index contributed by atoms with van der Waals surface area (Å²) in [5.74, 6) is 1.42. The fourth-order valence-corrected chi connectivity index (χ4v) is 4.07. The highest BCUT2D eigenvalue weighted by atomic mass is 16.7. The molecule has 2 amide bonds. The molecular weight excluding hydrogens is 408 g/mol. The number of methoxy groups -OCH3 is 1. The van der Waals surface area contributed by atoms with E-state index in [4.69, 9.17) is 19.9 Å². The van der Waals surface area contributed by atoms with Crippen LogP contribution in [0.25, 0.3) is 11.1 Å². The number of anilines is 1. The topological polar surface area (TPSA) is 99.9 Å². The summed E-state index contributed by atoms with van der Waals surface area (Å²) in [5, 5.41) is 3.05. The van der Waals surface area contributed by atoms with E-state index in [1.807, 2.05) is 30.3 Å². The maximum atomic E-state index is 13.3. The Morgan fingerprint density at radius 1 is 1.00 bits per heavy atom. The molecule has 32 heavy (non-hydrogen) atoms. The third-order valence-electron chi connectivity index (χ3n) is 6.03. The molecule has 1 heterocycles. The standard InChI is InChI=1S/C25H22N2O5/c1-30-20-8-6-18(13-19(20)15-3-2-4-16(11-15)23(26)28)27-24(29)25(9-10-25)17-5-7-21-22(12-17)32-14-31-21/h2-8,11-13H,9-10,14H2,1H3,(H2,26,28)(H,27,29). The van der Waals surface area contributed by atoms with Crippen LogP contribution in [0.2, 0.25) is 0 Å². The molecule has 1 fully saturated rings. The van der Waals surface area contributed by atoms with Crippen LogP contribution in [0.5, 0.6) is 17.2 Å². The first-order valence-electron chi connectivity index (χ1n) is 10.3. The Hall–Kier alpha value is -4.00. The van der Waals surface area contributed by atoms with Crippen molar-refractivity contribution >= 4 is 17.5 Å². The van der Waals surface area contributed by atoms with E-state index in [1.54, 1.807) is 37.4 Å². The van der Waals surface area contributed by atoms with Gasteiger partial charge in [0.15, 0.2) is 11.5 Å². The predicted octanol–water partition coefficient (Wildman–Crippen LogP) is 3.86. The molecule has 1 aliphatic heterocycles. The predicted molar refractivity (Wildman–Crippen MR) is 119 cm³/mol. The molecule has 7 nitrogen and oxygen atoms in total. The van der Waals surface area contributed by atoms with Gasteiger partial charge >= 0.3 is 0 Å². The third-order valence-corrected chi connectivity index (χ3v) is 6.03. The zero-order chi connectivity index (χ0) is 22.3. The van der Waals surface area contributed by atoms with E-state index in [2.05, 4.69) is 5.32 Å². The Morgan fingerprint density at radius 2 is 1.81 bits per heavy atom. The average Bonchev–Trinajstić information content (AvgIpc) is 3.50. The van der Waals surface area contributed by atoms with Crippen molar-refractivity contribution in [3.05, 3.63) is 71.8 Å². The summed E-state index contributed by atoms with van der Waals surface area (Å²) in [6, 6.07) is 18.1. The lowest BCUT2D eigenvalue weighted by molar-refractivity contribution is -0.118. The van der Waals surface area contributed by atoms with E-state index in [0.717, 1.165) is 29.5 Å². The second-order valence-corrected chi connectivity index (χ2v) is 7.96. The number of primary amides is 1. The van der Waals surface area contributed by atoms with Crippen LogP contribution in [-0.2, 0) is 10.2 Å². The Kier molecular flexibility index (Phi) is 4.74. The van der Waals surface area contributed by atoms with Crippen molar-refractivity contribution in [1.82, 2.24) is 0 Å². The van der Waals surface area contributed by atoms with Gasteiger partial charge in [-0.1, -0.05) is 18.2 Å². The van der Waals surface area contributed by atoms with Crippen molar-refractivity contribution in [2.75, 3.05) is 19.2 Å². The zero-order valence-corrected chi connectivity index (χ0v) is 17.5. The van der Waals surface area contributed by atoms with Gasteiger partial charge in [0.05, 0.1) is 12.5 Å². The smallest absolute Gasteiger partial charge is 0.248 e. The number of hydrogen-bond donors (Lipinski definition) is 2. The summed E-state index contributed by atoms with van der Waals surface area (Å²) < 4.78 is 16.4. The van der Waals surface area contributed by atoms with Crippen LogP contribution in [0, 0.1) is 0 Å². The lowest BCUT2D eigenvalue weighted by atomic mass is 9.94. The van der Waals surface area contributed by atoms with E-state index in [0.29, 0.717) is 28.5 Å². The highest BCUT2D eigenvalue weighted by molar-refractivity contribution is 6.02. The van der Waals surface area contributed by atoms with Crippen molar-refractivity contribution in [1.29, 1.82) is 0 Å². The van der Waals surface area contributed by atoms with Crippen molar-refractivity contribution in [2.45, 2.75) is 18.3 Å². The Balaban J connectivity index is 1.43. The maximum Gasteiger partial charge on any atom is 0.248 e. The van der Waals surface area contributed by atoms with Crippen molar-refractivity contribution < 1.29 is 23.8 Å². The fraction of sp³-hybridized carbons (Fsp3) is 0.200. The van der Waals surface area contributed by atoms with Crippen LogP contribution >= 0.6 is 0 Å². The molecule has 0 aromatic heterocycles. The number of rotatable bonds is 6. The van der Waals surface area contributed by atoms with Gasteiger partial charge in [0.1, 0.15) is 5.75 Å². The minimum Gasteiger partial charge on any atom is -0.496 e. The molecule has 1 saturated carbocycles. The van der Waals surface area contributed by atoms with Crippen molar-refractivity contribution in [2.24, 2.45) is 5.73 Å². The second-order valence-electron chi connectivity index (χ2n) is 7.96. The van der Waals surface area contributed by atoms with Crippen molar-refractivity contribution in [3.8, 4) is 28.4 Å². The number of ether oxygens (including phenoxy) is 3. The summed E-state index contributed by atoms with van der Waals surface area (Å²) in [7, 11) is 1.58. The van der Waals surface area contributed by atoms with E-state index in [9.17, 15) is 9.59 Å². The molecule has 0 bridgehead atoms. The normalized spacial score (nSPS) is 15.2. The van der Waals surface area contributed by atoms with Gasteiger partial charge in [-0.15, -0.1) is 0 Å². The fourth-order valence-electron chi connectivity index (χ4n) is 4.07. The number of nitrogens with two attached hydrogens (primary N) is 1. The van der Waals surface area contributed by atoms with Crippen LogP contribution in [0.3, 0.4) is 0 Å². The maximum absolute atomic E-state index is 13.3. The molecule has 0 saturated heterocycles. The highest BCUT2D eigenvalue weighted by Crippen LogP contribution is 2.51. The monoisotopic (exact) mass is 430 g/mol. The minimum absolute atomic E-state index is 0.0710. The summed E-state index contributed by atoms with van der Waals surface area (Å²) in [6.45, 7) is 0.198. The number of amides is 2. The molecule has 5 rings (SSSR count). The molecule has 3 N–H and O–H groups in total. The van der Waals surface area contributed by atoms with Crippen LogP contribution in [0.1, 0.15) is 28.8 Å². The number of benzene rings is 3. The number of carbonyl (C=O) groups excluding carboxylic acids is 2. The van der Waals surface area contributed by atoms with E-state index in [1.165, 1.54) is 0 Å². The van der Waals surface area contributed by atoms with Gasteiger partial charge in [-0.05, 0) is 66.4 Å². The Labute approximate surface area is 185 Å². The average molecular weight is 430 g/mol. The SMILES string of the molecule is COc1ccc(NC(=O)C2(c3ccc4c(c3)OCO4)CC2)cc1-c1cccc(C(N)=O)c1. The van der Waals surface area contributed by atoms with Gasteiger partial charge in [0.2, 0.25) is 18.6 Å². The summed E-state index contributed by atoms with van der Waals surface area (Å²) in [4.78, 5) is 24.9. The van der Waals surface area contributed by atoms with Crippen LogP contribution < -0.4 is 25.3 Å². The number of fused-ring (bicyclic) bond motifs is 1. The van der Waals surface area contributed by atoms with Gasteiger partial charge in [-0.2, -0.15) is 0 Å². The summed E-state index contributed by atoms with van der Waals surface area (Å²) in [5.41, 5.74) is 8.33. The second kappa shape index (κ2) is 7.60. The van der Waals surface area contributed by atoms with Gasteiger partial charge in [0, 0.05) is 16.8 Å². The molecule has 0 unspecified atom stereocenters. The van der Waals surface area contributed by atoms with Crippen molar-refractivity contribution in [3.63, 3.8) is 0 Å². The molecule has 3 aromatic rings. The van der Waals surface area contributed by atoms with Gasteiger partial charge in [-0.25, -0.2) is 0 Å². The first kappa shape index (κ1) is 19.9. The third kappa shape index (κ3) is 3.41. The lowest BCUT2D eigenvalue weighted by Crippen LogP contribution is -2.27. The quantitative estimate of drug-likeness (QED) is 0.619. The van der Waals surface area contributed by atoms with E-state index < -0.39 is 11.3 Å². The van der Waals surface area contributed by atoms with E-state index >= 15 is 0 Å². The highest BCUT2D eigenvalue weighted by Gasteiger charge is 2.51. The molecule has 0 atom stereocenters. The van der Waals surface area contributed by atoms with Gasteiger partial charge in [0.25, 0.3) is 0 Å². The van der Waals surface area contributed by atoms with Crippen LogP contribution in [-0.4, -0.2) is 25.7 Å². The number of carbonyl (C=O) groups is 2. The molecule has 2 aliphatic rings. The largest absolute Gasteiger partial charge is 0.496 e. The minimum atomic E-state index is -0.576. The zero-order valence-electron chi connectivity index (χ0n) is 17.5. The number of nitrogens with one attached hydrogen (secondary N) is 1. The van der Waals surface area contributed by atoms with Crippen LogP contribution in [0.15, 0.2) is 60.7 Å². The van der Waals surface area contributed by atoms with Gasteiger partial charge < -0.3 is 25.3 Å². The van der Waals surface area contributed by atoms with E-state index in [-0.39, 0.29) is 12.7 Å². The first-order valence-corrected chi connectivity index (χ1v) is 10.3. The first-order chi connectivity index (χ1) is 15.5. The molecule has 162 valence electrons. The molecule has 3 aromatic carbocycles. The summed E-state index contributed by atoms with van der Waals surface area (Å²) in [6.07, 6.45) is 1.53.